The fourth-order valence-electron chi connectivity index (χ4n) is 4.69. The Morgan fingerprint density at radius 3 is 2.56 bits per heavy atom. The number of hydrogen-bond donors (Lipinski definition) is 1. The third-order valence-electron chi connectivity index (χ3n) is 6.44. The number of rotatable bonds is 3. The number of nitrogens with zero attached hydrogens (tertiary/aromatic N) is 7. The Morgan fingerprint density at radius 1 is 0.971 bits per heavy atom. The van der Waals surface area contributed by atoms with Crippen LogP contribution in [0.4, 0.5) is 5.82 Å². The van der Waals surface area contributed by atoms with Crippen LogP contribution in [0.5, 0.6) is 0 Å². The number of fused-ring (bicyclic) bond motifs is 3. The minimum Gasteiger partial charge on any atom is -0.361 e. The van der Waals surface area contributed by atoms with Crippen molar-refractivity contribution in [3.05, 3.63) is 65.0 Å². The van der Waals surface area contributed by atoms with E-state index < -0.39 is 0 Å². The van der Waals surface area contributed by atoms with Gasteiger partial charge in [-0.3, -0.25) is 13.7 Å². The van der Waals surface area contributed by atoms with E-state index in [-0.39, 0.29) is 5.69 Å². The van der Waals surface area contributed by atoms with Crippen molar-refractivity contribution in [3.8, 4) is 17.1 Å². The molecule has 170 valence electrons. The summed E-state index contributed by atoms with van der Waals surface area (Å²) in [6, 6.07) is 12.3. The molecule has 4 aromatic heterocycles. The summed E-state index contributed by atoms with van der Waals surface area (Å²) in [5.74, 6) is 1.50. The molecule has 6 aromatic rings. The van der Waals surface area contributed by atoms with Crippen LogP contribution in [-0.4, -0.2) is 47.7 Å². The lowest BCUT2D eigenvalue weighted by Gasteiger charge is -2.11. The summed E-state index contributed by atoms with van der Waals surface area (Å²) in [7, 11) is 7.46. The average molecular weight is 453 g/mol. The molecule has 0 radical (unpaired) electrons. The molecule has 0 spiro atoms. The van der Waals surface area contributed by atoms with Gasteiger partial charge in [-0.1, -0.05) is 12.1 Å². The maximum absolute atomic E-state index is 12.5. The first-order valence-electron chi connectivity index (χ1n) is 11.0. The summed E-state index contributed by atoms with van der Waals surface area (Å²) in [4.78, 5) is 32.0. The van der Waals surface area contributed by atoms with Gasteiger partial charge in [0.05, 0.1) is 16.7 Å². The van der Waals surface area contributed by atoms with Gasteiger partial charge >= 0.3 is 5.69 Å². The zero-order valence-corrected chi connectivity index (χ0v) is 19.7. The summed E-state index contributed by atoms with van der Waals surface area (Å²) in [6.07, 6.45) is 3.55. The quantitative estimate of drug-likeness (QED) is 0.444. The number of anilines is 1. The van der Waals surface area contributed by atoms with Crippen molar-refractivity contribution < 1.29 is 0 Å². The Hall–Kier alpha value is -4.40. The molecule has 6 rings (SSSR count). The number of H-pyrrole nitrogens is 1. The van der Waals surface area contributed by atoms with Crippen molar-refractivity contribution >= 4 is 38.9 Å². The van der Waals surface area contributed by atoms with E-state index in [4.69, 9.17) is 4.98 Å². The van der Waals surface area contributed by atoms with Crippen LogP contribution in [-0.2, 0) is 14.1 Å². The molecule has 0 saturated carbocycles. The number of imidazole rings is 2. The number of aromatic amines is 1. The molecule has 2 aromatic carbocycles. The molecule has 0 unspecified atom stereocenters. The molecule has 1 N–H and O–H groups in total. The SMILES string of the molecule is Cc1ccc2c(-c3nc4c(N(C)C)ncnc4n3-c3ccc4c(c3)n(C)c(=O)n4C)c[nH]c2c1. The minimum atomic E-state index is -0.0629. The van der Waals surface area contributed by atoms with Crippen molar-refractivity contribution in [2.24, 2.45) is 14.1 Å². The number of nitrogens with one attached hydrogen (secondary N) is 1. The molecule has 0 aliphatic rings. The molecule has 0 bridgehead atoms. The van der Waals surface area contributed by atoms with Crippen LogP contribution in [0.25, 0.3) is 50.2 Å². The zero-order chi connectivity index (χ0) is 23.7. The van der Waals surface area contributed by atoms with E-state index in [1.807, 2.05) is 48.0 Å². The van der Waals surface area contributed by atoms with E-state index in [2.05, 4.69) is 40.1 Å². The summed E-state index contributed by atoms with van der Waals surface area (Å²) in [6.45, 7) is 2.08. The van der Waals surface area contributed by atoms with E-state index >= 15 is 0 Å². The summed E-state index contributed by atoms with van der Waals surface area (Å²) < 4.78 is 5.36. The highest BCUT2D eigenvalue weighted by Crippen LogP contribution is 2.35. The lowest BCUT2D eigenvalue weighted by Crippen LogP contribution is -2.19. The molecule has 9 nitrogen and oxygen atoms in total. The van der Waals surface area contributed by atoms with Gasteiger partial charge in [0.2, 0.25) is 0 Å². The smallest absolute Gasteiger partial charge is 0.328 e. The largest absolute Gasteiger partial charge is 0.361 e. The van der Waals surface area contributed by atoms with Gasteiger partial charge < -0.3 is 9.88 Å². The number of aromatic nitrogens is 7. The normalized spacial score (nSPS) is 11.8. The van der Waals surface area contributed by atoms with Crippen molar-refractivity contribution in [2.45, 2.75) is 6.92 Å². The Morgan fingerprint density at radius 2 is 1.76 bits per heavy atom. The first-order chi connectivity index (χ1) is 16.3. The molecule has 34 heavy (non-hydrogen) atoms. The van der Waals surface area contributed by atoms with E-state index in [1.165, 1.54) is 5.56 Å². The molecule has 0 amide bonds. The summed E-state index contributed by atoms with van der Waals surface area (Å²) >= 11 is 0. The topological polar surface area (TPSA) is 89.6 Å². The molecule has 9 heteroatoms. The van der Waals surface area contributed by atoms with Crippen LogP contribution in [0.2, 0.25) is 0 Å². The summed E-state index contributed by atoms with van der Waals surface area (Å²) in [5, 5.41) is 1.08. The molecule has 0 atom stereocenters. The summed E-state index contributed by atoms with van der Waals surface area (Å²) in [5.41, 5.74) is 7.14. The Kier molecular flexibility index (Phi) is 4.19. The standard InChI is InChI=1S/C25H24N8O/c1-14-6-8-16-17(12-26-18(16)10-14)22-29-21-23(30(2)3)27-13-28-24(21)33(22)15-7-9-19-20(11-15)32(5)25(34)31(19)4/h6-13,26H,1-5H3. The van der Waals surface area contributed by atoms with Gasteiger partial charge in [0, 0.05) is 50.9 Å². The highest BCUT2D eigenvalue weighted by molar-refractivity contribution is 5.98. The maximum atomic E-state index is 12.5. The van der Waals surface area contributed by atoms with Crippen LogP contribution in [0, 0.1) is 6.92 Å². The maximum Gasteiger partial charge on any atom is 0.328 e. The lowest BCUT2D eigenvalue weighted by atomic mass is 10.1. The van der Waals surface area contributed by atoms with Gasteiger partial charge in [-0.05, 0) is 36.8 Å². The predicted molar refractivity (Wildman–Crippen MR) is 135 cm³/mol. The monoisotopic (exact) mass is 452 g/mol. The van der Waals surface area contributed by atoms with Crippen LogP contribution < -0.4 is 10.6 Å². The zero-order valence-electron chi connectivity index (χ0n) is 19.7. The van der Waals surface area contributed by atoms with E-state index in [0.29, 0.717) is 11.2 Å². The Balaban J connectivity index is 1.72. The van der Waals surface area contributed by atoms with Crippen molar-refractivity contribution in [1.82, 2.24) is 33.6 Å². The predicted octanol–water partition coefficient (Wildman–Crippen LogP) is 3.53. The fraction of sp³-hybridized carbons (Fsp3) is 0.200. The molecular formula is C25H24N8O. The van der Waals surface area contributed by atoms with Gasteiger partial charge in [-0.2, -0.15) is 0 Å². The number of benzene rings is 2. The second kappa shape index (κ2) is 7.05. The van der Waals surface area contributed by atoms with E-state index in [1.54, 1.807) is 29.6 Å². The second-order valence-electron chi connectivity index (χ2n) is 8.86. The molecule has 0 aliphatic heterocycles. The third kappa shape index (κ3) is 2.73. The third-order valence-corrected chi connectivity index (χ3v) is 6.44. The van der Waals surface area contributed by atoms with E-state index in [9.17, 15) is 4.79 Å². The van der Waals surface area contributed by atoms with Crippen molar-refractivity contribution in [1.29, 1.82) is 0 Å². The van der Waals surface area contributed by atoms with Crippen molar-refractivity contribution in [3.63, 3.8) is 0 Å². The average Bonchev–Trinajstić information content (AvgIpc) is 3.47. The lowest BCUT2D eigenvalue weighted by molar-refractivity contribution is 0.795. The molecular weight excluding hydrogens is 428 g/mol. The number of aryl methyl sites for hydroxylation is 3. The minimum absolute atomic E-state index is 0.0629. The molecule has 4 heterocycles. The highest BCUT2D eigenvalue weighted by Gasteiger charge is 2.22. The van der Waals surface area contributed by atoms with Crippen molar-refractivity contribution in [2.75, 3.05) is 19.0 Å². The van der Waals surface area contributed by atoms with Crippen LogP contribution in [0.1, 0.15) is 5.56 Å². The van der Waals surface area contributed by atoms with Gasteiger partial charge in [-0.25, -0.2) is 19.7 Å². The van der Waals surface area contributed by atoms with E-state index in [0.717, 1.165) is 44.8 Å². The first kappa shape index (κ1) is 20.2. The number of hydrogen-bond acceptors (Lipinski definition) is 5. The Labute approximate surface area is 194 Å². The van der Waals surface area contributed by atoms with Crippen LogP contribution in [0.3, 0.4) is 0 Å². The van der Waals surface area contributed by atoms with Crippen LogP contribution >= 0.6 is 0 Å². The first-order valence-corrected chi connectivity index (χ1v) is 11.0. The highest BCUT2D eigenvalue weighted by atomic mass is 16.1. The molecule has 0 saturated heterocycles. The van der Waals surface area contributed by atoms with Crippen LogP contribution in [0.15, 0.2) is 53.7 Å². The van der Waals surface area contributed by atoms with Gasteiger partial charge in [0.25, 0.3) is 0 Å². The molecule has 0 aliphatic carbocycles. The van der Waals surface area contributed by atoms with Gasteiger partial charge in [0.15, 0.2) is 17.0 Å². The second-order valence-corrected chi connectivity index (χ2v) is 8.86. The van der Waals surface area contributed by atoms with Gasteiger partial charge in [-0.15, -0.1) is 0 Å². The fourth-order valence-corrected chi connectivity index (χ4v) is 4.69. The Bertz CT molecular complexity index is 1800. The molecule has 0 fully saturated rings. The van der Waals surface area contributed by atoms with Gasteiger partial charge in [0.1, 0.15) is 12.2 Å².